The Hall–Kier alpha value is -3.34. The predicted octanol–water partition coefficient (Wildman–Crippen LogP) is 5.04. The second-order valence-electron chi connectivity index (χ2n) is 7.08. The van der Waals surface area contributed by atoms with Crippen LogP contribution >= 0.6 is 0 Å². The molecule has 0 saturated carbocycles. The van der Waals surface area contributed by atoms with E-state index in [2.05, 4.69) is 9.97 Å². The van der Waals surface area contributed by atoms with E-state index in [1.807, 2.05) is 69.3 Å². The van der Waals surface area contributed by atoms with Crippen molar-refractivity contribution < 1.29 is 8.83 Å². The van der Waals surface area contributed by atoms with E-state index in [4.69, 9.17) is 8.83 Å². The summed E-state index contributed by atoms with van der Waals surface area (Å²) in [5, 5.41) is 0. The Morgan fingerprint density at radius 2 is 1.71 bits per heavy atom. The third-order valence-electron chi connectivity index (χ3n) is 4.80. The molecule has 0 aliphatic rings. The van der Waals surface area contributed by atoms with Gasteiger partial charge in [0.05, 0.1) is 5.56 Å². The van der Waals surface area contributed by atoms with Gasteiger partial charge in [-0.15, -0.1) is 0 Å². The number of aromatic nitrogens is 2. The van der Waals surface area contributed by atoms with Crippen LogP contribution in [0.15, 0.2) is 62.2 Å². The van der Waals surface area contributed by atoms with Crippen LogP contribution in [-0.4, -0.2) is 9.97 Å². The van der Waals surface area contributed by atoms with Crippen LogP contribution in [-0.2, 0) is 0 Å². The minimum absolute atomic E-state index is 0.172. The molecule has 0 bridgehead atoms. The Kier molecular flexibility index (Phi) is 4.51. The number of benzene rings is 1. The van der Waals surface area contributed by atoms with Crippen LogP contribution in [0, 0.1) is 27.7 Å². The number of aromatic amines is 1. The minimum atomic E-state index is -0.300. The molecule has 28 heavy (non-hydrogen) atoms. The van der Waals surface area contributed by atoms with Crippen molar-refractivity contribution in [1.29, 1.82) is 0 Å². The van der Waals surface area contributed by atoms with Crippen molar-refractivity contribution in [2.45, 2.75) is 33.6 Å². The van der Waals surface area contributed by atoms with E-state index in [0.29, 0.717) is 22.9 Å². The van der Waals surface area contributed by atoms with Crippen molar-refractivity contribution in [1.82, 2.24) is 9.97 Å². The Balaban J connectivity index is 1.98. The molecule has 0 aliphatic carbocycles. The number of aryl methyl sites for hydroxylation is 4. The lowest BCUT2D eigenvalue weighted by molar-refractivity contribution is 0.426. The molecule has 3 aromatic heterocycles. The van der Waals surface area contributed by atoms with Gasteiger partial charge in [0.1, 0.15) is 28.9 Å². The van der Waals surface area contributed by atoms with E-state index >= 15 is 0 Å². The summed E-state index contributed by atoms with van der Waals surface area (Å²) in [6.07, 6.45) is 0. The molecule has 0 saturated heterocycles. The lowest BCUT2D eigenvalue weighted by Crippen LogP contribution is -2.14. The second kappa shape index (κ2) is 7.00. The summed E-state index contributed by atoms with van der Waals surface area (Å²) in [5.41, 5.74) is 3.60. The number of pyridine rings is 1. The number of nitrogens with zero attached hydrogens (tertiary/aromatic N) is 1. The third kappa shape index (κ3) is 3.20. The van der Waals surface area contributed by atoms with Crippen molar-refractivity contribution in [3.63, 3.8) is 0 Å². The number of hydrogen-bond acceptors (Lipinski definition) is 4. The average molecular weight is 374 g/mol. The Bertz CT molecular complexity index is 1180. The average Bonchev–Trinajstić information content (AvgIpc) is 3.22. The second-order valence-corrected chi connectivity index (χ2v) is 7.08. The van der Waals surface area contributed by atoms with Gasteiger partial charge in [-0.3, -0.25) is 4.79 Å². The zero-order valence-corrected chi connectivity index (χ0v) is 16.4. The molecule has 1 atom stereocenters. The Labute approximate surface area is 163 Å². The van der Waals surface area contributed by atoms with Gasteiger partial charge in [0.15, 0.2) is 5.89 Å². The normalized spacial score (nSPS) is 12.3. The molecule has 0 aliphatic heterocycles. The van der Waals surface area contributed by atoms with Crippen LogP contribution in [0.5, 0.6) is 0 Å². The van der Waals surface area contributed by atoms with Crippen molar-refractivity contribution >= 4 is 0 Å². The van der Waals surface area contributed by atoms with Crippen LogP contribution < -0.4 is 5.56 Å². The Morgan fingerprint density at radius 1 is 0.964 bits per heavy atom. The highest BCUT2D eigenvalue weighted by atomic mass is 16.4. The fourth-order valence-corrected chi connectivity index (χ4v) is 3.66. The number of furan rings is 1. The molecule has 0 amide bonds. The van der Waals surface area contributed by atoms with E-state index in [1.165, 1.54) is 0 Å². The van der Waals surface area contributed by atoms with Gasteiger partial charge in [0.2, 0.25) is 0 Å². The van der Waals surface area contributed by atoms with Gasteiger partial charge in [-0.05, 0) is 50.1 Å². The number of rotatable bonds is 4. The molecule has 5 nitrogen and oxygen atoms in total. The fourth-order valence-electron chi connectivity index (χ4n) is 3.66. The van der Waals surface area contributed by atoms with Crippen LogP contribution in [0.4, 0.5) is 0 Å². The molecule has 1 N–H and O–H groups in total. The molecule has 1 unspecified atom stereocenters. The van der Waals surface area contributed by atoms with Gasteiger partial charge in [-0.2, -0.15) is 0 Å². The van der Waals surface area contributed by atoms with Crippen molar-refractivity contribution in [2.24, 2.45) is 0 Å². The number of H-pyrrole nitrogens is 1. The minimum Gasteiger partial charge on any atom is -0.465 e. The first-order chi connectivity index (χ1) is 13.4. The van der Waals surface area contributed by atoms with Gasteiger partial charge < -0.3 is 13.8 Å². The number of nitrogens with one attached hydrogen (secondary N) is 1. The SMILES string of the molecule is Cc1cc(C)c(-c2nc(C)oc2C(c2ccccc2)c2ccc(C)o2)c(=O)[nH]1. The quantitative estimate of drug-likeness (QED) is 0.543. The van der Waals surface area contributed by atoms with E-state index in [0.717, 1.165) is 28.3 Å². The maximum atomic E-state index is 12.8. The third-order valence-corrected chi connectivity index (χ3v) is 4.80. The summed E-state index contributed by atoms with van der Waals surface area (Å²) in [6.45, 7) is 7.48. The smallest absolute Gasteiger partial charge is 0.257 e. The van der Waals surface area contributed by atoms with E-state index in [1.54, 1.807) is 6.92 Å². The highest BCUT2D eigenvalue weighted by molar-refractivity contribution is 5.66. The molecule has 4 rings (SSSR count). The highest BCUT2D eigenvalue weighted by Crippen LogP contribution is 2.38. The summed E-state index contributed by atoms with van der Waals surface area (Å²) < 4.78 is 12.0. The van der Waals surface area contributed by atoms with Gasteiger partial charge >= 0.3 is 0 Å². The van der Waals surface area contributed by atoms with Crippen molar-refractivity contribution in [3.8, 4) is 11.3 Å². The first-order valence-corrected chi connectivity index (χ1v) is 9.23. The van der Waals surface area contributed by atoms with E-state index in [9.17, 15) is 4.79 Å². The molecule has 0 spiro atoms. The summed E-state index contributed by atoms with van der Waals surface area (Å²) in [7, 11) is 0. The van der Waals surface area contributed by atoms with E-state index in [-0.39, 0.29) is 11.5 Å². The fraction of sp³-hybridized carbons (Fsp3) is 0.217. The topological polar surface area (TPSA) is 72.0 Å². The molecule has 5 heteroatoms. The van der Waals surface area contributed by atoms with Crippen LogP contribution in [0.1, 0.15) is 45.9 Å². The van der Waals surface area contributed by atoms with Crippen molar-refractivity contribution in [2.75, 3.05) is 0 Å². The maximum Gasteiger partial charge on any atom is 0.257 e. The zero-order valence-electron chi connectivity index (χ0n) is 16.4. The standard InChI is InChI=1S/C23H22N2O3/c1-13-12-14(2)24-23(26)19(13)21-22(28-16(4)25-21)20(17-8-6-5-7-9-17)18-11-10-15(3)27-18/h5-12,20H,1-4H3,(H,24,26). The van der Waals surface area contributed by atoms with Gasteiger partial charge in [-0.1, -0.05) is 30.3 Å². The monoisotopic (exact) mass is 374 g/mol. The molecule has 0 fully saturated rings. The summed E-state index contributed by atoms with van der Waals surface area (Å²) in [4.78, 5) is 20.2. The Morgan fingerprint density at radius 3 is 2.36 bits per heavy atom. The first-order valence-electron chi connectivity index (χ1n) is 9.23. The van der Waals surface area contributed by atoms with E-state index < -0.39 is 0 Å². The summed E-state index contributed by atoms with van der Waals surface area (Å²) in [5.74, 6) is 2.38. The van der Waals surface area contributed by atoms with Crippen LogP contribution in [0.2, 0.25) is 0 Å². The van der Waals surface area contributed by atoms with Gasteiger partial charge in [0.25, 0.3) is 5.56 Å². The van der Waals surface area contributed by atoms with Crippen LogP contribution in [0.25, 0.3) is 11.3 Å². The highest BCUT2D eigenvalue weighted by Gasteiger charge is 2.30. The lowest BCUT2D eigenvalue weighted by atomic mass is 9.91. The molecule has 1 aromatic carbocycles. The number of oxazole rings is 1. The first kappa shape index (κ1) is 18.0. The zero-order chi connectivity index (χ0) is 19.8. The molecular formula is C23H22N2O3. The van der Waals surface area contributed by atoms with Crippen molar-refractivity contribution in [3.05, 3.63) is 98.9 Å². The molecule has 4 aromatic rings. The lowest BCUT2D eigenvalue weighted by Gasteiger charge is -2.15. The molecular weight excluding hydrogens is 352 g/mol. The van der Waals surface area contributed by atoms with Gasteiger partial charge in [-0.25, -0.2) is 4.98 Å². The maximum absolute atomic E-state index is 12.8. The summed E-state index contributed by atoms with van der Waals surface area (Å²) >= 11 is 0. The van der Waals surface area contributed by atoms with Gasteiger partial charge in [0, 0.05) is 12.6 Å². The summed E-state index contributed by atoms with van der Waals surface area (Å²) in [6, 6.07) is 15.8. The predicted molar refractivity (Wildman–Crippen MR) is 108 cm³/mol. The van der Waals surface area contributed by atoms with Crippen LogP contribution in [0.3, 0.4) is 0 Å². The number of hydrogen-bond donors (Lipinski definition) is 1. The molecule has 0 radical (unpaired) electrons. The molecule has 142 valence electrons. The largest absolute Gasteiger partial charge is 0.465 e. The molecule has 3 heterocycles.